The summed E-state index contributed by atoms with van der Waals surface area (Å²) >= 11 is 0. The standard InChI is InChI=1S/C14H16O/c1-2-3-7-13-12-8-5-4-6-11(12)9-10-14(13)15/h2,4-6,8,13H,1,3,7,9-10H2. The zero-order valence-electron chi connectivity index (χ0n) is 8.91. The van der Waals surface area contributed by atoms with Crippen LogP contribution in [-0.4, -0.2) is 5.78 Å². The smallest absolute Gasteiger partial charge is 0.140 e. The highest BCUT2D eigenvalue weighted by atomic mass is 16.1. The number of benzene rings is 1. The molecule has 0 heterocycles. The molecule has 78 valence electrons. The summed E-state index contributed by atoms with van der Waals surface area (Å²) in [5.74, 6) is 0.517. The molecule has 1 atom stereocenters. The normalized spacial score (nSPS) is 19.7. The number of carbonyl (C=O) groups excluding carboxylic acids is 1. The molecule has 1 aliphatic carbocycles. The molecule has 2 rings (SSSR count). The Labute approximate surface area is 90.8 Å². The van der Waals surface area contributed by atoms with Crippen molar-refractivity contribution < 1.29 is 4.79 Å². The summed E-state index contributed by atoms with van der Waals surface area (Å²) < 4.78 is 0. The maximum absolute atomic E-state index is 11.8. The summed E-state index contributed by atoms with van der Waals surface area (Å²) in [6.45, 7) is 3.71. The van der Waals surface area contributed by atoms with Gasteiger partial charge in [0.1, 0.15) is 5.78 Å². The highest BCUT2D eigenvalue weighted by Gasteiger charge is 2.26. The second-order valence-electron chi connectivity index (χ2n) is 4.08. The first-order valence-corrected chi connectivity index (χ1v) is 5.54. The topological polar surface area (TPSA) is 17.1 Å². The van der Waals surface area contributed by atoms with Gasteiger partial charge in [0.25, 0.3) is 0 Å². The third kappa shape index (κ3) is 2.01. The van der Waals surface area contributed by atoms with Crippen molar-refractivity contribution >= 4 is 5.78 Å². The molecule has 1 aliphatic rings. The number of fused-ring (bicyclic) bond motifs is 1. The third-order valence-electron chi connectivity index (χ3n) is 3.12. The van der Waals surface area contributed by atoms with Crippen molar-refractivity contribution in [3.63, 3.8) is 0 Å². The fourth-order valence-corrected chi connectivity index (χ4v) is 2.31. The fraction of sp³-hybridized carbons (Fsp3) is 0.357. The van der Waals surface area contributed by atoms with Gasteiger partial charge in [0.05, 0.1) is 0 Å². The number of hydrogen-bond donors (Lipinski definition) is 0. The van der Waals surface area contributed by atoms with E-state index >= 15 is 0 Å². The number of aryl methyl sites for hydroxylation is 1. The van der Waals surface area contributed by atoms with E-state index in [1.165, 1.54) is 11.1 Å². The SMILES string of the molecule is C=CCCC1C(=O)CCc2ccccc21. The minimum atomic E-state index is 0.118. The molecule has 0 saturated carbocycles. The molecule has 0 aliphatic heterocycles. The van der Waals surface area contributed by atoms with Gasteiger partial charge < -0.3 is 0 Å². The lowest BCUT2D eigenvalue weighted by Crippen LogP contribution is -2.20. The Morgan fingerprint density at radius 3 is 2.93 bits per heavy atom. The van der Waals surface area contributed by atoms with E-state index in [4.69, 9.17) is 0 Å². The number of Topliss-reactive ketones (excluding diaryl/α,β-unsaturated/α-hetero) is 1. The van der Waals surface area contributed by atoms with Crippen molar-refractivity contribution in [1.29, 1.82) is 0 Å². The monoisotopic (exact) mass is 200 g/mol. The minimum Gasteiger partial charge on any atom is -0.299 e. The molecule has 0 saturated heterocycles. The molecule has 0 spiro atoms. The van der Waals surface area contributed by atoms with E-state index in [0.717, 1.165) is 19.3 Å². The highest BCUT2D eigenvalue weighted by Crippen LogP contribution is 2.32. The summed E-state index contributed by atoms with van der Waals surface area (Å²) in [6, 6.07) is 8.32. The van der Waals surface area contributed by atoms with Crippen LogP contribution in [0.1, 0.15) is 36.3 Å². The van der Waals surface area contributed by atoms with E-state index in [0.29, 0.717) is 12.2 Å². The number of allylic oxidation sites excluding steroid dienone is 1. The van der Waals surface area contributed by atoms with Gasteiger partial charge in [-0.2, -0.15) is 0 Å². The Morgan fingerprint density at radius 1 is 1.33 bits per heavy atom. The van der Waals surface area contributed by atoms with Gasteiger partial charge in [-0.05, 0) is 30.4 Å². The highest BCUT2D eigenvalue weighted by molar-refractivity contribution is 5.88. The fourth-order valence-electron chi connectivity index (χ4n) is 2.31. The Bertz CT molecular complexity index is 379. The lowest BCUT2D eigenvalue weighted by atomic mass is 9.79. The van der Waals surface area contributed by atoms with Gasteiger partial charge in [0.15, 0.2) is 0 Å². The van der Waals surface area contributed by atoms with Crippen LogP contribution in [-0.2, 0) is 11.2 Å². The summed E-state index contributed by atoms with van der Waals surface area (Å²) in [6.07, 6.45) is 5.35. The van der Waals surface area contributed by atoms with Gasteiger partial charge in [-0.15, -0.1) is 6.58 Å². The van der Waals surface area contributed by atoms with Crippen molar-refractivity contribution in [2.75, 3.05) is 0 Å². The summed E-state index contributed by atoms with van der Waals surface area (Å²) in [4.78, 5) is 11.8. The van der Waals surface area contributed by atoms with E-state index in [1.54, 1.807) is 0 Å². The molecule has 0 fully saturated rings. The van der Waals surface area contributed by atoms with Gasteiger partial charge in [0, 0.05) is 12.3 Å². The van der Waals surface area contributed by atoms with Gasteiger partial charge in [0.2, 0.25) is 0 Å². The summed E-state index contributed by atoms with van der Waals surface area (Å²) in [5.41, 5.74) is 2.60. The molecule has 0 radical (unpaired) electrons. The van der Waals surface area contributed by atoms with Crippen molar-refractivity contribution in [3.05, 3.63) is 48.0 Å². The first-order chi connectivity index (χ1) is 7.33. The predicted octanol–water partition coefficient (Wildman–Crippen LogP) is 3.25. The van der Waals surface area contributed by atoms with Crippen LogP contribution in [0.15, 0.2) is 36.9 Å². The van der Waals surface area contributed by atoms with Crippen LogP contribution < -0.4 is 0 Å². The van der Waals surface area contributed by atoms with Crippen LogP contribution in [0.4, 0.5) is 0 Å². The van der Waals surface area contributed by atoms with E-state index in [9.17, 15) is 4.79 Å². The van der Waals surface area contributed by atoms with Gasteiger partial charge >= 0.3 is 0 Å². The molecule has 0 amide bonds. The Morgan fingerprint density at radius 2 is 2.13 bits per heavy atom. The van der Waals surface area contributed by atoms with Crippen molar-refractivity contribution in [2.45, 2.75) is 31.6 Å². The molecule has 1 aromatic rings. The van der Waals surface area contributed by atoms with E-state index in [2.05, 4.69) is 24.8 Å². The zero-order chi connectivity index (χ0) is 10.7. The van der Waals surface area contributed by atoms with Crippen LogP contribution in [0.5, 0.6) is 0 Å². The first kappa shape index (κ1) is 10.2. The number of ketones is 1. The Hall–Kier alpha value is -1.37. The third-order valence-corrected chi connectivity index (χ3v) is 3.12. The number of hydrogen-bond acceptors (Lipinski definition) is 1. The van der Waals surface area contributed by atoms with Crippen molar-refractivity contribution in [1.82, 2.24) is 0 Å². The van der Waals surface area contributed by atoms with Crippen LogP contribution in [0.2, 0.25) is 0 Å². The van der Waals surface area contributed by atoms with Gasteiger partial charge in [-0.25, -0.2) is 0 Å². The van der Waals surface area contributed by atoms with Crippen LogP contribution in [0.3, 0.4) is 0 Å². The van der Waals surface area contributed by atoms with E-state index < -0.39 is 0 Å². The quantitative estimate of drug-likeness (QED) is 0.684. The molecular weight excluding hydrogens is 184 g/mol. The van der Waals surface area contributed by atoms with Crippen LogP contribution >= 0.6 is 0 Å². The van der Waals surface area contributed by atoms with Crippen molar-refractivity contribution in [2.24, 2.45) is 0 Å². The Kier molecular flexibility index (Phi) is 3.00. The number of rotatable bonds is 3. The molecular formula is C14H16O. The van der Waals surface area contributed by atoms with Crippen LogP contribution in [0, 0.1) is 0 Å². The minimum absolute atomic E-state index is 0.118. The summed E-state index contributed by atoms with van der Waals surface area (Å²) in [5, 5.41) is 0. The summed E-state index contributed by atoms with van der Waals surface area (Å²) in [7, 11) is 0. The Balaban J connectivity index is 2.28. The van der Waals surface area contributed by atoms with E-state index in [1.807, 2.05) is 12.1 Å². The van der Waals surface area contributed by atoms with E-state index in [-0.39, 0.29) is 5.92 Å². The molecule has 1 aromatic carbocycles. The second-order valence-corrected chi connectivity index (χ2v) is 4.08. The maximum atomic E-state index is 11.8. The average molecular weight is 200 g/mol. The molecule has 1 nitrogen and oxygen atoms in total. The molecule has 1 unspecified atom stereocenters. The van der Waals surface area contributed by atoms with Gasteiger partial charge in [-0.3, -0.25) is 4.79 Å². The maximum Gasteiger partial charge on any atom is 0.140 e. The lowest BCUT2D eigenvalue weighted by Gasteiger charge is -2.23. The number of carbonyl (C=O) groups is 1. The molecule has 15 heavy (non-hydrogen) atoms. The lowest BCUT2D eigenvalue weighted by molar-refractivity contribution is -0.121. The zero-order valence-corrected chi connectivity index (χ0v) is 8.91. The first-order valence-electron chi connectivity index (χ1n) is 5.54. The molecule has 0 aromatic heterocycles. The average Bonchev–Trinajstić information content (AvgIpc) is 2.28. The molecule has 1 heteroatoms. The van der Waals surface area contributed by atoms with Crippen LogP contribution in [0.25, 0.3) is 0 Å². The van der Waals surface area contributed by atoms with Crippen molar-refractivity contribution in [3.8, 4) is 0 Å². The predicted molar refractivity (Wildman–Crippen MR) is 61.9 cm³/mol. The second kappa shape index (κ2) is 4.43. The molecule has 0 N–H and O–H groups in total. The van der Waals surface area contributed by atoms with Gasteiger partial charge in [-0.1, -0.05) is 30.3 Å². The molecule has 0 bridgehead atoms. The largest absolute Gasteiger partial charge is 0.299 e.